The molecule has 138 valence electrons. The molecule has 2 aromatic heterocycles. The van der Waals surface area contributed by atoms with E-state index >= 15 is 0 Å². The summed E-state index contributed by atoms with van der Waals surface area (Å²) in [6.07, 6.45) is 6.72. The molecule has 2 aromatic rings. The van der Waals surface area contributed by atoms with Gasteiger partial charge in [0.05, 0.1) is 6.20 Å². The first-order chi connectivity index (χ1) is 12.5. The fourth-order valence-electron chi connectivity index (χ4n) is 3.00. The van der Waals surface area contributed by atoms with Crippen LogP contribution in [-0.2, 0) is 7.05 Å². The molecule has 3 rings (SSSR count). The van der Waals surface area contributed by atoms with Gasteiger partial charge in [0.1, 0.15) is 11.3 Å². The van der Waals surface area contributed by atoms with Gasteiger partial charge in [0.25, 0.3) is 11.5 Å². The average molecular weight is 356 g/mol. The van der Waals surface area contributed by atoms with E-state index in [0.717, 1.165) is 25.9 Å². The first kappa shape index (κ1) is 17.9. The van der Waals surface area contributed by atoms with E-state index in [1.165, 1.54) is 17.1 Å². The highest BCUT2D eigenvalue weighted by Gasteiger charge is 2.19. The van der Waals surface area contributed by atoms with Crippen LogP contribution in [0.25, 0.3) is 0 Å². The highest BCUT2D eigenvalue weighted by Crippen LogP contribution is 2.25. The highest BCUT2D eigenvalue weighted by atomic mass is 16.2. The lowest BCUT2D eigenvalue weighted by Gasteiger charge is -2.28. The Balaban J connectivity index is 1.88. The molecular formula is C18H24N6O2. The smallest absolute Gasteiger partial charge is 0.263 e. The fraction of sp³-hybridized carbons (Fsp3) is 0.444. The molecule has 1 aliphatic heterocycles. The lowest BCUT2D eigenvalue weighted by Crippen LogP contribution is -2.32. The Morgan fingerprint density at radius 1 is 1.23 bits per heavy atom. The van der Waals surface area contributed by atoms with E-state index in [0.29, 0.717) is 17.5 Å². The molecule has 0 saturated carbocycles. The minimum Gasteiger partial charge on any atom is -0.361 e. The third-order valence-electron chi connectivity index (χ3n) is 4.43. The lowest BCUT2D eigenvalue weighted by molar-refractivity contribution is 0.102. The van der Waals surface area contributed by atoms with Crippen LogP contribution < -0.4 is 20.7 Å². The quantitative estimate of drug-likeness (QED) is 0.893. The summed E-state index contributed by atoms with van der Waals surface area (Å²) in [4.78, 5) is 37.7. The molecule has 0 aliphatic carbocycles. The van der Waals surface area contributed by atoms with Crippen LogP contribution in [0.2, 0.25) is 0 Å². The number of rotatable bonds is 4. The number of anilines is 3. The number of carbonyl (C=O) groups is 1. The number of hydrogen-bond donors (Lipinski definition) is 1. The Morgan fingerprint density at radius 2 is 1.96 bits per heavy atom. The Bertz CT molecular complexity index is 855. The van der Waals surface area contributed by atoms with Crippen molar-refractivity contribution in [2.45, 2.75) is 19.3 Å². The number of pyridine rings is 1. The zero-order chi connectivity index (χ0) is 18.7. The van der Waals surface area contributed by atoms with E-state index in [2.05, 4.69) is 20.2 Å². The molecule has 0 bridgehead atoms. The van der Waals surface area contributed by atoms with Crippen LogP contribution in [0, 0.1) is 0 Å². The van der Waals surface area contributed by atoms with Crippen LogP contribution >= 0.6 is 0 Å². The summed E-state index contributed by atoms with van der Waals surface area (Å²) in [5.74, 6) is 0.812. The maximum atomic E-state index is 12.5. The summed E-state index contributed by atoms with van der Waals surface area (Å²) in [6.45, 7) is 1.89. The van der Waals surface area contributed by atoms with Gasteiger partial charge < -0.3 is 19.7 Å². The summed E-state index contributed by atoms with van der Waals surface area (Å²) in [7, 11) is 5.33. The number of nitrogens with zero attached hydrogens (tertiary/aromatic N) is 5. The van der Waals surface area contributed by atoms with Gasteiger partial charge in [-0.15, -0.1) is 0 Å². The number of aryl methyl sites for hydroxylation is 1. The van der Waals surface area contributed by atoms with Crippen LogP contribution in [-0.4, -0.2) is 47.6 Å². The average Bonchev–Trinajstić information content (AvgIpc) is 2.64. The minimum absolute atomic E-state index is 0.0832. The summed E-state index contributed by atoms with van der Waals surface area (Å²) >= 11 is 0. The van der Waals surface area contributed by atoms with E-state index < -0.39 is 5.91 Å². The van der Waals surface area contributed by atoms with Gasteiger partial charge in [-0.1, -0.05) is 0 Å². The predicted molar refractivity (Wildman–Crippen MR) is 102 cm³/mol. The molecule has 8 heteroatoms. The molecule has 26 heavy (non-hydrogen) atoms. The van der Waals surface area contributed by atoms with E-state index in [1.54, 1.807) is 25.5 Å². The number of aromatic nitrogens is 3. The largest absolute Gasteiger partial charge is 0.361 e. The van der Waals surface area contributed by atoms with Crippen molar-refractivity contribution >= 4 is 23.4 Å². The van der Waals surface area contributed by atoms with Gasteiger partial charge in [0, 0.05) is 40.4 Å². The van der Waals surface area contributed by atoms with Crippen molar-refractivity contribution in [3.8, 4) is 0 Å². The van der Waals surface area contributed by atoms with Gasteiger partial charge in [-0.25, -0.2) is 4.98 Å². The van der Waals surface area contributed by atoms with Crippen molar-refractivity contribution in [3.63, 3.8) is 0 Å². The minimum atomic E-state index is -0.469. The fourth-order valence-corrected chi connectivity index (χ4v) is 3.00. The lowest BCUT2D eigenvalue weighted by atomic mass is 10.1. The van der Waals surface area contributed by atoms with E-state index in [1.807, 2.05) is 19.0 Å². The second kappa shape index (κ2) is 7.55. The molecule has 0 spiro atoms. The standard InChI is InChI=1S/C18H24N6O2/c1-22(2)15-14(12-19-18(21-15)24-10-5-4-6-11-24)20-16(25)13-8-7-9-23(3)17(13)26/h7-9,12H,4-6,10-11H2,1-3H3,(H,20,25). The van der Waals surface area contributed by atoms with Crippen molar-refractivity contribution in [3.05, 3.63) is 40.4 Å². The Morgan fingerprint density at radius 3 is 2.65 bits per heavy atom. The van der Waals surface area contributed by atoms with Crippen LogP contribution in [0.1, 0.15) is 29.6 Å². The zero-order valence-corrected chi connectivity index (χ0v) is 15.4. The Hall–Kier alpha value is -2.90. The summed E-state index contributed by atoms with van der Waals surface area (Å²) in [5, 5.41) is 2.77. The molecule has 0 unspecified atom stereocenters. The van der Waals surface area contributed by atoms with Crippen LogP contribution in [0.3, 0.4) is 0 Å². The maximum Gasteiger partial charge on any atom is 0.263 e. The molecule has 1 saturated heterocycles. The maximum absolute atomic E-state index is 12.5. The predicted octanol–water partition coefficient (Wildman–Crippen LogP) is 1.48. The molecule has 1 aliphatic rings. The zero-order valence-electron chi connectivity index (χ0n) is 15.4. The second-order valence-corrected chi connectivity index (χ2v) is 6.64. The van der Waals surface area contributed by atoms with Gasteiger partial charge in [-0.3, -0.25) is 9.59 Å². The number of piperidine rings is 1. The van der Waals surface area contributed by atoms with Gasteiger partial charge >= 0.3 is 0 Å². The topological polar surface area (TPSA) is 83.4 Å². The van der Waals surface area contributed by atoms with Crippen molar-refractivity contribution < 1.29 is 4.79 Å². The number of hydrogen-bond acceptors (Lipinski definition) is 6. The van der Waals surface area contributed by atoms with Crippen LogP contribution in [0.4, 0.5) is 17.5 Å². The van der Waals surface area contributed by atoms with Crippen LogP contribution in [0.15, 0.2) is 29.3 Å². The van der Waals surface area contributed by atoms with Gasteiger partial charge in [0.15, 0.2) is 5.82 Å². The van der Waals surface area contributed by atoms with Crippen LogP contribution in [0.5, 0.6) is 0 Å². The Kier molecular flexibility index (Phi) is 5.20. The molecule has 1 fully saturated rings. The third kappa shape index (κ3) is 3.68. The molecule has 0 atom stereocenters. The van der Waals surface area contributed by atoms with Crippen molar-refractivity contribution in [2.75, 3.05) is 42.3 Å². The number of nitrogens with one attached hydrogen (secondary N) is 1. The van der Waals surface area contributed by atoms with Crippen molar-refractivity contribution in [2.24, 2.45) is 7.05 Å². The third-order valence-corrected chi connectivity index (χ3v) is 4.43. The second-order valence-electron chi connectivity index (χ2n) is 6.64. The van der Waals surface area contributed by atoms with E-state index in [4.69, 9.17) is 0 Å². The van der Waals surface area contributed by atoms with E-state index in [-0.39, 0.29) is 11.1 Å². The Labute approximate surface area is 152 Å². The van der Waals surface area contributed by atoms with E-state index in [9.17, 15) is 9.59 Å². The first-order valence-corrected chi connectivity index (χ1v) is 8.73. The molecule has 3 heterocycles. The molecule has 1 amide bonds. The SMILES string of the molecule is CN(C)c1nc(N2CCCCC2)ncc1NC(=O)c1cccn(C)c1=O. The normalized spacial score (nSPS) is 14.2. The summed E-state index contributed by atoms with van der Waals surface area (Å²) in [5.41, 5.74) is 0.216. The van der Waals surface area contributed by atoms with Gasteiger partial charge in [-0.05, 0) is 31.4 Å². The van der Waals surface area contributed by atoms with Gasteiger partial charge in [-0.2, -0.15) is 4.98 Å². The molecule has 8 nitrogen and oxygen atoms in total. The summed E-state index contributed by atoms with van der Waals surface area (Å²) < 4.78 is 1.37. The van der Waals surface area contributed by atoms with Crippen molar-refractivity contribution in [1.29, 1.82) is 0 Å². The molecule has 0 aromatic carbocycles. The molecule has 0 radical (unpaired) electrons. The van der Waals surface area contributed by atoms with Crippen molar-refractivity contribution in [1.82, 2.24) is 14.5 Å². The first-order valence-electron chi connectivity index (χ1n) is 8.73. The molecule has 1 N–H and O–H groups in total. The van der Waals surface area contributed by atoms with Gasteiger partial charge in [0.2, 0.25) is 5.95 Å². The molecular weight excluding hydrogens is 332 g/mol. The number of carbonyl (C=O) groups excluding carboxylic acids is 1. The highest BCUT2D eigenvalue weighted by molar-refractivity contribution is 6.05. The summed E-state index contributed by atoms with van der Waals surface area (Å²) in [6, 6.07) is 3.18. The number of amides is 1. The monoisotopic (exact) mass is 356 g/mol.